The van der Waals surface area contributed by atoms with Gasteiger partial charge in [-0.2, -0.15) is 13.2 Å². The molecule has 0 heterocycles. The minimum Gasteiger partial charge on any atom is -0.308 e. The molecule has 120 valence electrons. The van der Waals surface area contributed by atoms with Crippen molar-refractivity contribution in [3.63, 3.8) is 0 Å². The lowest BCUT2D eigenvalue weighted by molar-refractivity contribution is -0.137. The Morgan fingerprint density at radius 1 is 1.19 bits per heavy atom. The second-order valence-electron chi connectivity index (χ2n) is 6.06. The number of alkyl halides is 3. The zero-order valence-electron chi connectivity index (χ0n) is 13.4. The van der Waals surface area contributed by atoms with Crippen molar-refractivity contribution >= 4 is 0 Å². The topological polar surface area (TPSA) is 15.3 Å². The largest absolute Gasteiger partial charge is 0.416 e. The second kappa shape index (κ2) is 6.79. The summed E-state index contributed by atoms with van der Waals surface area (Å²) in [6, 6.07) is 5.43. The zero-order valence-corrected chi connectivity index (χ0v) is 13.4. The van der Waals surface area contributed by atoms with Gasteiger partial charge in [0.05, 0.1) is 11.6 Å². The Labute approximate surface area is 125 Å². The van der Waals surface area contributed by atoms with Crippen molar-refractivity contribution in [3.8, 4) is 0 Å². The highest BCUT2D eigenvalue weighted by Crippen LogP contribution is 2.34. The summed E-state index contributed by atoms with van der Waals surface area (Å²) in [5.74, 6) is 0. The van der Waals surface area contributed by atoms with E-state index in [0.717, 1.165) is 19.0 Å². The van der Waals surface area contributed by atoms with Crippen LogP contribution in [0.25, 0.3) is 0 Å². The van der Waals surface area contributed by atoms with Crippen LogP contribution < -0.4 is 5.32 Å². The first-order chi connectivity index (χ1) is 9.60. The van der Waals surface area contributed by atoms with Crippen LogP contribution in [-0.2, 0) is 6.18 Å². The molecule has 0 amide bonds. The predicted octanol–water partition coefficient (Wildman–Crippen LogP) is 4.09. The molecule has 0 radical (unpaired) electrons. The highest BCUT2D eigenvalue weighted by atomic mass is 19.4. The lowest BCUT2D eigenvalue weighted by Gasteiger charge is -2.41. The van der Waals surface area contributed by atoms with Gasteiger partial charge in [0.1, 0.15) is 0 Å². The molecular formula is C16H25F3N2. The highest BCUT2D eigenvalue weighted by molar-refractivity contribution is 5.30. The molecule has 0 aliphatic carbocycles. The molecule has 1 N–H and O–H groups in total. The zero-order chi connectivity index (χ0) is 16.3. The molecule has 0 saturated carbocycles. The van der Waals surface area contributed by atoms with E-state index in [4.69, 9.17) is 0 Å². The van der Waals surface area contributed by atoms with Gasteiger partial charge in [0.2, 0.25) is 0 Å². The summed E-state index contributed by atoms with van der Waals surface area (Å²) < 4.78 is 38.7. The van der Waals surface area contributed by atoms with Crippen molar-refractivity contribution in [2.45, 2.75) is 44.9 Å². The maximum absolute atomic E-state index is 12.9. The third kappa shape index (κ3) is 4.45. The first-order valence-electron chi connectivity index (χ1n) is 7.18. The Hall–Kier alpha value is -1.07. The van der Waals surface area contributed by atoms with Crippen molar-refractivity contribution < 1.29 is 13.2 Å². The third-order valence-corrected chi connectivity index (χ3v) is 4.00. The molecule has 2 nitrogen and oxygen atoms in total. The number of nitrogens with one attached hydrogen (secondary N) is 1. The van der Waals surface area contributed by atoms with E-state index in [2.05, 4.69) is 5.32 Å². The summed E-state index contributed by atoms with van der Waals surface area (Å²) in [5.41, 5.74) is -0.242. The minimum absolute atomic E-state index is 0.172. The molecule has 1 atom stereocenters. The maximum atomic E-state index is 12.9. The van der Waals surface area contributed by atoms with E-state index in [1.165, 1.54) is 12.1 Å². The smallest absolute Gasteiger partial charge is 0.308 e. The normalized spacial score (nSPS) is 14.5. The number of likely N-dealkylation sites (N-methyl/N-ethyl adjacent to an activating group) is 1. The van der Waals surface area contributed by atoms with E-state index in [1.807, 2.05) is 39.8 Å². The van der Waals surface area contributed by atoms with Gasteiger partial charge >= 0.3 is 6.18 Å². The quantitative estimate of drug-likeness (QED) is 0.851. The van der Waals surface area contributed by atoms with Crippen LogP contribution in [0.4, 0.5) is 13.2 Å². The fourth-order valence-corrected chi connectivity index (χ4v) is 2.22. The predicted molar refractivity (Wildman–Crippen MR) is 80.2 cm³/mol. The van der Waals surface area contributed by atoms with Gasteiger partial charge in [0.25, 0.3) is 0 Å². The van der Waals surface area contributed by atoms with Crippen molar-refractivity contribution in [1.29, 1.82) is 0 Å². The Morgan fingerprint density at radius 3 is 2.29 bits per heavy atom. The standard InChI is InChI=1S/C16H25F3N2/c1-6-10-20-14(15(2,3)21(4)5)12-8-7-9-13(11-12)16(17,18)19/h7-9,11,14,20H,6,10H2,1-5H3. The molecule has 0 fully saturated rings. The average molecular weight is 302 g/mol. The molecule has 0 saturated heterocycles. The first kappa shape index (κ1) is 18.0. The van der Waals surface area contributed by atoms with Crippen molar-refractivity contribution in [2.24, 2.45) is 0 Å². The summed E-state index contributed by atoms with van der Waals surface area (Å²) in [4.78, 5) is 2.03. The second-order valence-corrected chi connectivity index (χ2v) is 6.06. The van der Waals surface area contributed by atoms with E-state index in [0.29, 0.717) is 5.56 Å². The third-order valence-electron chi connectivity index (χ3n) is 4.00. The van der Waals surface area contributed by atoms with Gasteiger partial charge in [0, 0.05) is 5.54 Å². The molecule has 21 heavy (non-hydrogen) atoms. The Bertz CT molecular complexity index is 453. The van der Waals surface area contributed by atoms with Crippen molar-refractivity contribution in [3.05, 3.63) is 35.4 Å². The van der Waals surface area contributed by atoms with Crippen LogP contribution in [0.1, 0.15) is 44.4 Å². The van der Waals surface area contributed by atoms with Crippen LogP contribution in [0.2, 0.25) is 0 Å². The number of rotatable bonds is 6. The van der Waals surface area contributed by atoms with Crippen LogP contribution >= 0.6 is 0 Å². The Kier molecular flexibility index (Phi) is 5.82. The van der Waals surface area contributed by atoms with E-state index in [-0.39, 0.29) is 11.6 Å². The molecule has 0 aliphatic rings. The molecule has 1 aromatic carbocycles. The van der Waals surface area contributed by atoms with Gasteiger partial charge in [-0.1, -0.05) is 19.1 Å². The van der Waals surface area contributed by atoms with Gasteiger partial charge in [-0.25, -0.2) is 0 Å². The van der Waals surface area contributed by atoms with Crippen LogP contribution in [0, 0.1) is 0 Å². The van der Waals surface area contributed by atoms with E-state index in [9.17, 15) is 13.2 Å². The number of hydrogen-bond acceptors (Lipinski definition) is 2. The fourth-order valence-electron chi connectivity index (χ4n) is 2.22. The van der Waals surface area contributed by atoms with E-state index >= 15 is 0 Å². The molecule has 1 unspecified atom stereocenters. The Balaban J connectivity index is 3.21. The van der Waals surface area contributed by atoms with Crippen LogP contribution in [-0.4, -0.2) is 31.1 Å². The lowest BCUT2D eigenvalue weighted by atomic mass is 9.86. The van der Waals surface area contributed by atoms with Gasteiger partial charge in [-0.3, -0.25) is 0 Å². The van der Waals surface area contributed by atoms with Gasteiger partial charge in [-0.15, -0.1) is 0 Å². The molecule has 0 spiro atoms. The van der Waals surface area contributed by atoms with Crippen molar-refractivity contribution in [2.75, 3.05) is 20.6 Å². The molecule has 0 bridgehead atoms. The van der Waals surface area contributed by atoms with Crippen LogP contribution in [0.5, 0.6) is 0 Å². The number of hydrogen-bond donors (Lipinski definition) is 1. The van der Waals surface area contributed by atoms with Crippen LogP contribution in [0.15, 0.2) is 24.3 Å². The average Bonchev–Trinajstić information content (AvgIpc) is 2.38. The minimum atomic E-state index is -4.31. The Morgan fingerprint density at radius 2 is 1.81 bits per heavy atom. The van der Waals surface area contributed by atoms with Gasteiger partial charge in [-0.05, 0) is 58.6 Å². The van der Waals surface area contributed by atoms with Crippen LogP contribution in [0.3, 0.4) is 0 Å². The lowest BCUT2D eigenvalue weighted by Crippen LogP contribution is -2.49. The van der Waals surface area contributed by atoms with Gasteiger partial charge < -0.3 is 10.2 Å². The highest BCUT2D eigenvalue weighted by Gasteiger charge is 2.35. The molecular weight excluding hydrogens is 277 g/mol. The molecule has 0 aliphatic heterocycles. The maximum Gasteiger partial charge on any atom is 0.416 e. The summed E-state index contributed by atoms with van der Waals surface area (Å²) in [6.07, 6.45) is -3.38. The van der Waals surface area contributed by atoms with Gasteiger partial charge in [0.15, 0.2) is 0 Å². The number of nitrogens with zero attached hydrogens (tertiary/aromatic N) is 1. The summed E-state index contributed by atoms with van der Waals surface area (Å²) in [7, 11) is 3.88. The first-order valence-corrected chi connectivity index (χ1v) is 7.18. The van der Waals surface area contributed by atoms with Crippen molar-refractivity contribution in [1.82, 2.24) is 10.2 Å². The molecule has 5 heteroatoms. The van der Waals surface area contributed by atoms with E-state index in [1.54, 1.807) is 6.07 Å². The fraction of sp³-hybridized carbons (Fsp3) is 0.625. The summed E-state index contributed by atoms with van der Waals surface area (Å²) >= 11 is 0. The monoisotopic (exact) mass is 302 g/mol. The number of benzene rings is 1. The summed E-state index contributed by atoms with van der Waals surface area (Å²) in [5, 5.41) is 3.38. The summed E-state index contributed by atoms with van der Waals surface area (Å²) in [6.45, 7) is 6.86. The van der Waals surface area contributed by atoms with E-state index < -0.39 is 11.7 Å². The number of halogens is 3. The molecule has 1 rings (SSSR count). The molecule has 1 aromatic rings. The SMILES string of the molecule is CCCNC(c1cccc(C(F)(F)F)c1)C(C)(C)N(C)C. The molecule has 0 aromatic heterocycles.